The van der Waals surface area contributed by atoms with E-state index in [1.807, 2.05) is 0 Å². The van der Waals surface area contributed by atoms with Gasteiger partial charge in [0.25, 0.3) is 10.0 Å². The van der Waals surface area contributed by atoms with Crippen LogP contribution in [0.3, 0.4) is 0 Å². The van der Waals surface area contributed by atoms with Crippen molar-refractivity contribution >= 4 is 34.0 Å². The number of nitrogens with one attached hydrogen (secondary N) is 1. The first-order valence-corrected chi connectivity index (χ1v) is 8.66. The Morgan fingerprint density at radius 1 is 1.43 bits per heavy atom. The van der Waals surface area contributed by atoms with Crippen molar-refractivity contribution in [2.45, 2.75) is 24.8 Å². The second-order valence-corrected chi connectivity index (χ2v) is 7.34. The molecule has 1 saturated heterocycles. The molecule has 1 aromatic heterocycles. The minimum Gasteiger partial charge on any atom is -0.323 e. The molecule has 1 aliphatic heterocycles. The smallest absolute Gasteiger partial charge is 0.262 e. The lowest BCUT2D eigenvalue weighted by Gasteiger charge is -2.30. The number of sulfonamides is 1. The first-order valence-electron chi connectivity index (χ1n) is 6.85. The molecule has 21 heavy (non-hydrogen) atoms. The molecule has 122 valence electrons. The number of nitrogens with zero attached hydrogens (tertiary/aromatic N) is 3. The summed E-state index contributed by atoms with van der Waals surface area (Å²) in [5.41, 5.74) is 0. The van der Waals surface area contributed by atoms with Crippen LogP contribution in [0, 0.1) is 5.92 Å². The van der Waals surface area contributed by atoms with E-state index in [1.54, 1.807) is 7.05 Å². The number of imidazole rings is 1. The SMILES string of the molecule is CCNCC1CCN(S(=O)(=O)c2cn(C)c(Cl)n2)CC1.Cl. The molecule has 6 nitrogen and oxygen atoms in total. The molecular weight excluding hydrogens is 335 g/mol. The minimum absolute atomic E-state index is 0. The summed E-state index contributed by atoms with van der Waals surface area (Å²) in [4.78, 5) is 3.91. The summed E-state index contributed by atoms with van der Waals surface area (Å²) in [5, 5.41) is 3.54. The van der Waals surface area contributed by atoms with Crippen molar-refractivity contribution in [3.63, 3.8) is 0 Å². The Kier molecular flexibility index (Phi) is 6.93. The highest BCUT2D eigenvalue weighted by Crippen LogP contribution is 2.23. The minimum atomic E-state index is -3.51. The van der Waals surface area contributed by atoms with Crippen LogP contribution in [-0.2, 0) is 17.1 Å². The second kappa shape index (κ2) is 7.78. The molecule has 0 atom stereocenters. The number of hydrogen-bond acceptors (Lipinski definition) is 4. The number of piperidine rings is 1. The Labute approximate surface area is 137 Å². The monoisotopic (exact) mass is 356 g/mol. The van der Waals surface area contributed by atoms with Crippen LogP contribution in [-0.4, -0.2) is 48.5 Å². The molecule has 0 aromatic carbocycles. The molecule has 0 saturated carbocycles. The van der Waals surface area contributed by atoms with Gasteiger partial charge >= 0.3 is 0 Å². The molecule has 9 heteroatoms. The zero-order valence-corrected chi connectivity index (χ0v) is 14.6. The van der Waals surface area contributed by atoms with Gasteiger partial charge in [-0.1, -0.05) is 6.92 Å². The zero-order valence-electron chi connectivity index (χ0n) is 12.2. The first kappa shape index (κ1) is 18.7. The van der Waals surface area contributed by atoms with Crippen LogP contribution in [0.15, 0.2) is 11.2 Å². The van der Waals surface area contributed by atoms with Crippen LogP contribution in [0.5, 0.6) is 0 Å². The number of halogens is 2. The van der Waals surface area contributed by atoms with Crippen LogP contribution in [0.1, 0.15) is 19.8 Å². The highest BCUT2D eigenvalue weighted by atomic mass is 35.5. The Hall–Kier alpha value is -0.340. The standard InChI is InChI=1S/C12H21ClN4O2S.ClH/c1-3-14-8-10-4-6-17(7-5-10)20(18,19)11-9-16(2)12(13)15-11;/h9-10,14H,3-8H2,1-2H3;1H. The lowest BCUT2D eigenvalue weighted by Crippen LogP contribution is -2.40. The molecule has 1 aromatic rings. The van der Waals surface area contributed by atoms with E-state index in [-0.39, 0.29) is 22.7 Å². The zero-order chi connectivity index (χ0) is 14.8. The van der Waals surface area contributed by atoms with Gasteiger partial charge in [0.15, 0.2) is 5.03 Å². The fourth-order valence-corrected chi connectivity index (χ4v) is 4.02. The molecule has 1 fully saturated rings. The Bertz CT molecular complexity index is 534. The van der Waals surface area contributed by atoms with Gasteiger partial charge in [-0.3, -0.25) is 0 Å². The van der Waals surface area contributed by atoms with E-state index >= 15 is 0 Å². The van der Waals surface area contributed by atoms with Crippen molar-refractivity contribution < 1.29 is 8.42 Å². The Balaban J connectivity index is 0.00000220. The molecular formula is C12H22Cl2N4O2S. The quantitative estimate of drug-likeness (QED) is 0.867. The first-order chi connectivity index (χ1) is 9.45. The van der Waals surface area contributed by atoms with Crippen molar-refractivity contribution in [1.29, 1.82) is 0 Å². The third-order valence-corrected chi connectivity index (χ3v) is 5.78. The maximum Gasteiger partial charge on any atom is 0.262 e. The molecule has 0 bridgehead atoms. The molecule has 0 spiro atoms. The molecule has 1 aliphatic rings. The van der Waals surface area contributed by atoms with E-state index in [9.17, 15) is 8.42 Å². The average molecular weight is 357 g/mol. The van der Waals surface area contributed by atoms with Gasteiger partial charge in [0.05, 0.1) is 0 Å². The van der Waals surface area contributed by atoms with Crippen molar-refractivity contribution in [2.24, 2.45) is 13.0 Å². The molecule has 0 aliphatic carbocycles. The average Bonchev–Trinajstić information content (AvgIpc) is 2.77. The molecule has 0 radical (unpaired) electrons. The van der Waals surface area contributed by atoms with Gasteiger partial charge in [-0.15, -0.1) is 12.4 Å². The highest BCUT2D eigenvalue weighted by Gasteiger charge is 2.31. The van der Waals surface area contributed by atoms with Crippen LogP contribution < -0.4 is 5.32 Å². The predicted molar refractivity (Wildman–Crippen MR) is 85.5 cm³/mol. The lowest BCUT2D eigenvalue weighted by atomic mass is 9.98. The van der Waals surface area contributed by atoms with Gasteiger partial charge in [-0.2, -0.15) is 4.31 Å². The highest BCUT2D eigenvalue weighted by molar-refractivity contribution is 7.89. The molecule has 0 unspecified atom stereocenters. The van der Waals surface area contributed by atoms with E-state index in [0.717, 1.165) is 25.9 Å². The van der Waals surface area contributed by atoms with Gasteiger partial charge in [0, 0.05) is 26.3 Å². The molecule has 1 N–H and O–H groups in total. The van der Waals surface area contributed by atoms with Gasteiger partial charge in [0.2, 0.25) is 5.28 Å². The summed E-state index contributed by atoms with van der Waals surface area (Å²) in [6, 6.07) is 0. The summed E-state index contributed by atoms with van der Waals surface area (Å²) >= 11 is 5.82. The molecule has 0 amide bonds. The van der Waals surface area contributed by atoms with Crippen LogP contribution in [0.2, 0.25) is 5.28 Å². The van der Waals surface area contributed by atoms with Crippen LogP contribution in [0.4, 0.5) is 0 Å². The Morgan fingerprint density at radius 3 is 2.52 bits per heavy atom. The largest absolute Gasteiger partial charge is 0.323 e. The number of aryl methyl sites for hydroxylation is 1. The van der Waals surface area contributed by atoms with Gasteiger partial charge < -0.3 is 9.88 Å². The van der Waals surface area contributed by atoms with E-state index in [1.165, 1.54) is 15.1 Å². The summed E-state index contributed by atoms with van der Waals surface area (Å²) in [6.07, 6.45) is 3.22. The fraction of sp³-hybridized carbons (Fsp3) is 0.750. The van der Waals surface area contributed by atoms with Crippen LogP contribution in [0.25, 0.3) is 0 Å². The number of rotatable bonds is 5. The lowest BCUT2D eigenvalue weighted by molar-refractivity contribution is 0.268. The topological polar surface area (TPSA) is 67.2 Å². The normalized spacial score (nSPS) is 17.7. The second-order valence-electron chi connectivity index (χ2n) is 5.11. The van der Waals surface area contributed by atoms with Crippen molar-refractivity contribution in [3.8, 4) is 0 Å². The summed E-state index contributed by atoms with van der Waals surface area (Å²) < 4.78 is 27.9. The van der Waals surface area contributed by atoms with Crippen molar-refractivity contribution in [1.82, 2.24) is 19.2 Å². The molecule has 2 rings (SSSR count). The van der Waals surface area contributed by atoms with E-state index < -0.39 is 10.0 Å². The number of aromatic nitrogens is 2. The molecule has 2 heterocycles. The van der Waals surface area contributed by atoms with E-state index in [2.05, 4.69) is 17.2 Å². The van der Waals surface area contributed by atoms with Gasteiger partial charge in [-0.05, 0) is 43.5 Å². The van der Waals surface area contributed by atoms with Crippen LogP contribution >= 0.6 is 24.0 Å². The third kappa shape index (κ3) is 4.32. The summed E-state index contributed by atoms with van der Waals surface area (Å²) in [6.45, 7) is 5.08. The summed E-state index contributed by atoms with van der Waals surface area (Å²) in [5.74, 6) is 0.550. The predicted octanol–water partition coefficient (Wildman–Crippen LogP) is 1.51. The van der Waals surface area contributed by atoms with Crippen molar-refractivity contribution in [3.05, 3.63) is 11.5 Å². The Morgan fingerprint density at radius 2 is 2.05 bits per heavy atom. The maximum atomic E-state index is 12.4. The van der Waals surface area contributed by atoms with Crippen molar-refractivity contribution in [2.75, 3.05) is 26.2 Å². The van der Waals surface area contributed by atoms with E-state index in [0.29, 0.717) is 19.0 Å². The maximum absolute atomic E-state index is 12.4. The van der Waals surface area contributed by atoms with Gasteiger partial charge in [-0.25, -0.2) is 13.4 Å². The van der Waals surface area contributed by atoms with Gasteiger partial charge in [0.1, 0.15) is 0 Å². The van der Waals surface area contributed by atoms with E-state index in [4.69, 9.17) is 11.6 Å². The number of hydrogen-bond donors (Lipinski definition) is 1. The summed E-state index contributed by atoms with van der Waals surface area (Å²) in [7, 11) is -1.83. The third-order valence-electron chi connectivity index (χ3n) is 3.66. The fourth-order valence-electron chi connectivity index (χ4n) is 2.38.